The van der Waals surface area contributed by atoms with Crippen LogP contribution in [0.3, 0.4) is 0 Å². The molecule has 2 rings (SSSR count). The topological polar surface area (TPSA) is 35.8 Å². The van der Waals surface area contributed by atoms with Gasteiger partial charge in [-0.1, -0.05) is 12.1 Å². The number of halogens is 3. The summed E-state index contributed by atoms with van der Waals surface area (Å²) in [5.41, 5.74) is 0.698. The van der Waals surface area contributed by atoms with E-state index in [1.807, 2.05) is 0 Å². The molecule has 2 aromatic rings. The summed E-state index contributed by atoms with van der Waals surface area (Å²) < 4.78 is 39.5. The fourth-order valence-electron chi connectivity index (χ4n) is 1.86. The molecule has 0 amide bonds. The number of hydrogen-bond donors (Lipinski definition) is 1. The average molecular weight is 276 g/mol. The van der Waals surface area contributed by atoms with Crippen LogP contribution in [0.5, 0.6) is 0 Å². The summed E-state index contributed by atoms with van der Waals surface area (Å²) in [5, 5.41) is 11.8. The average Bonchev–Trinajstić information content (AvgIpc) is 2.42. The molecule has 2 nitrogen and oxygen atoms in total. The van der Waals surface area contributed by atoms with E-state index in [9.17, 15) is 13.2 Å². The molecule has 0 saturated carbocycles. The second-order valence-electron chi connectivity index (χ2n) is 4.31. The van der Waals surface area contributed by atoms with Gasteiger partial charge in [-0.25, -0.2) is 13.2 Å². The lowest BCUT2D eigenvalue weighted by Gasteiger charge is -2.17. The van der Waals surface area contributed by atoms with Gasteiger partial charge < -0.3 is 5.32 Å². The van der Waals surface area contributed by atoms with Crippen LogP contribution in [0.4, 0.5) is 18.9 Å². The van der Waals surface area contributed by atoms with E-state index in [-0.39, 0.29) is 5.56 Å². The minimum atomic E-state index is -0.948. The van der Waals surface area contributed by atoms with E-state index in [1.165, 1.54) is 18.2 Å². The van der Waals surface area contributed by atoms with Crippen LogP contribution >= 0.6 is 0 Å². The Morgan fingerprint density at radius 3 is 2.45 bits per heavy atom. The lowest BCUT2D eigenvalue weighted by molar-refractivity contribution is 0.506. The van der Waals surface area contributed by atoms with Gasteiger partial charge in [-0.2, -0.15) is 5.26 Å². The summed E-state index contributed by atoms with van der Waals surface area (Å²) in [6.07, 6.45) is 0. The Morgan fingerprint density at radius 1 is 1.05 bits per heavy atom. The summed E-state index contributed by atoms with van der Waals surface area (Å²) in [5.74, 6) is -2.50. The SMILES string of the molecule is CC(Nc1cccc(F)c1C#N)c1ccc(F)c(F)c1. The highest BCUT2D eigenvalue weighted by molar-refractivity contribution is 5.58. The third-order valence-electron chi connectivity index (χ3n) is 2.94. The first-order valence-corrected chi connectivity index (χ1v) is 5.93. The van der Waals surface area contributed by atoms with Crippen molar-refractivity contribution in [2.75, 3.05) is 5.32 Å². The van der Waals surface area contributed by atoms with E-state index in [2.05, 4.69) is 5.32 Å². The fourth-order valence-corrected chi connectivity index (χ4v) is 1.86. The van der Waals surface area contributed by atoms with Gasteiger partial charge >= 0.3 is 0 Å². The van der Waals surface area contributed by atoms with E-state index in [0.717, 1.165) is 12.1 Å². The van der Waals surface area contributed by atoms with Crippen molar-refractivity contribution >= 4 is 5.69 Å². The molecule has 102 valence electrons. The fraction of sp³-hybridized carbons (Fsp3) is 0.133. The first-order valence-electron chi connectivity index (χ1n) is 5.93. The van der Waals surface area contributed by atoms with E-state index in [4.69, 9.17) is 5.26 Å². The molecule has 5 heteroatoms. The molecule has 20 heavy (non-hydrogen) atoms. The van der Waals surface area contributed by atoms with Crippen molar-refractivity contribution in [3.05, 3.63) is 65.0 Å². The van der Waals surface area contributed by atoms with Crippen molar-refractivity contribution in [2.45, 2.75) is 13.0 Å². The third kappa shape index (κ3) is 2.75. The molecular formula is C15H11F3N2. The standard InChI is InChI=1S/C15H11F3N2/c1-9(10-5-6-13(17)14(18)7-10)20-15-4-2-3-12(16)11(15)8-19/h2-7,9,20H,1H3. The van der Waals surface area contributed by atoms with Gasteiger partial charge in [0, 0.05) is 6.04 Å². The molecule has 2 aromatic carbocycles. The van der Waals surface area contributed by atoms with Gasteiger partial charge in [-0.15, -0.1) is 0 Å². The Balaban J connectivity index is 2.28. The number of nitrogens with zero attached hydrogens (tertiary/aromatic N) is 1. The number of nitrogens with one attached hydrogen (secondary N) is 1. The number of benzene rings is 2. The second kappa shape index (κ2) is 5.66. The van der Waals surface area contributed by atoms with Crippen LogP contribution < -0.4 is 5.32 Å². The molecule has 1 unspecified atom stereocenters. The van der Waals surface area contributed by atoms with Crippen molar-refractivity contribution in [3.63, 3.8) is 0 Å². The molecule has 0 aliphatic carbocycles. The summed E-state index contributed by atoms with van der Waals surface area (Å²) in [6, 6.07) is 9.10. The van der Waals surface area contributed by atoms with E-state index in [0.29, 0.717) is 11.3 Å². The smallest absolute Gasteiger partial charge is 0.159 e. The van der Waals surface area contributed by atoms with E-state index < -0.39 is 23.5 Å². The van der Waals surface area contributed by atoms with Crippen molar-refractivity contribution in [2.24, 2.45) is 0 Å². The molecule has 1 N–H and O–H groups in total. The highest BCUT2D eigenvalue weighted by Gasteiger charge is 2.13. The van der Waals surface area contributed by atoms with Gasteiger partial charge in [-0.05, 0) is 36.8 Å². The largest absolute Gasteiger partial charge is 0.377 e. The Labute approximate surface area is 114 Å². The summed E-state index contributed by atoms with van der Waals surface area (Å²) in [4.78, 5) is 0. The van der Waals surface area contributed by atoms with Crippen molar-refractivity contribution < 1.29 is 13.2 Å². The van der Waals surface area contributed by atoms with Gasteiger partial charge in [0.1, 0.15) is 17.4 Å². The van der Waals surface area contributed by atoms with Crippen LogP contribution in [0.1, 0.15) is 24.1 Å². The Bertz CT molecular complexity index is 677. The van der Waals surface area contributed by atoms with E-state index >= 15 is 0 Å². The predicted molar refractivity (Wildman–Crippen MR) is 69.5 cm³/mol. The molecule has 0 saturated heterocycles. The molecule has 0 radical (unpaired) electrons. The molecule has 0 spiro atoms. The van der Waals surface area contributed by atoms with E-state index in [1.54, 1.807) is 19.1 Å². The Morgan fingerprint density at radius 2 is 1.80 bits per heavy atom. The molecule has 0 heterocycles. The van der Waals surface area contributed by atoms with Crippen LogP contribution in [0.2, 0.25) is 0 Å². The van der Waals surface area contributed by atoms with Crippen molar-refractivity contribution in [3.8, 4) is 6.07 Å². The maximum Gasteiger partial charge on any atom is 0.159 e. The second-order valence-corrected chi connectivity index (χ2v) is 4.31. The zero-order valence-corrected chi connectivity index (χ0v) is 10.6. The summed E-state index contributed by atoms with van der Waals surface area (Å²) in [7, 11) is 0. The molecule has 0 aliphatic heterocycles. The highest BCUT2D eigenvalue weighted by Crippen LogP contribution is 2.24. The Kier molecular flexibility index (Phi) is 3.94. The van der Waals surface area contributed by atoms with Crippen LogP contribution in [0.15, 0.2) is 36.4 Å². The molecule has 0 bridgehead atoms. The predicted octanol–water partition coefficient (Wildman–Crippen LogP) is 4.15. The lowest BCUT2D eigenvalue weighted by Crippen LogP contribution is -2.09. The quantitative estimate of drug-likeness (QED) is 0.914. The molecule has 0 aromatic heterocycles. The normalized spacial score (nSPS) is 11.8. The maximum atomic E-state index is 13.4. The van der Waals surface area contributed by atoms with Gasteiger partial charge in [0.05, 0.1) is 5.69 Å². The maximum absolute atomic E-state index is 13.4. The van der Waals surface area contributed by atoms with Gasteiger partial charge in [-0.3, -0.25) is 0 Å². The highest BCUT2D eigenvalue weighted by atomic mass is 19.2. The van der Waals surface area contributed by atoms with Crippen molar-refractivity contribution in [1.82, 2.24) is 0 Å². The van der Waals surface area contributed by atoms with Gasteiger partial charge in [0.25, 0.3) is 0 Å². The Hall–Kier alpha value is -2.48. The summed E-state index contributed by atoms with van der Waals surface area (Å²) >= 11 is 0. The summed E-state index contributed by atoms with van der Waals surface area (Å²) in [6.45, 7) is 1.71. The third-order valence-corrected chi connectivity index (χ3v) is 2.94. The van der Waals surface area contributed by atoms with Crippen LogP contribution in [-0.2, 0) is 0 Å². The lowest BCUT2D eigenvalue weighted by atomic mass is 10.1. The van der Waals surface area contributed by atoms with Crippen LogP contribution in [0, 0.1) is 28.8 Å². The monoisotopic (exact) mass is 276 g/mol. The zero-order valence-electron chi connectivity index (χ0n) is 10.6. The minimum Gasteiger partial charge on any atom is -0.377 e. The zero-order chi connectivity index (χ0) is 14.7. The van der Waals surface area contributed by atoms with Crippen LogP contribution in [0.25, 0.3) is 0 Å². The number of anilines is 1. The van der Waals surface area contributed by atoms with Crippen molar-refractivity contribution in [1.29, 1.82) is 5.26 Å². The van der Waals surface area contributed by atoms with Crippen LogP contribution in [-0.4, -0.2) is 0 Å². The molecular weight excluding hydrogens is 265 g/mol. The minimum absolute atomic E-state index is 0.109. The first kappa shape index (κ1) is 13.9. The number of nitriles is 1. The molecule has 0 fully saturated rings. The number of hydrogen-bond acceptors (Lipinski definition) is 2. The van der Waals surface area contributed by atoms with Gasteiger partial charge in [0.15, 0.2) is 11.6 Å². The molecule has 0 aliphatic rings. The van der Waals surface area contributed by atoms with Gasteiger partial charge in [0.2, 0.25) is 0 Å². The molecule has 1 atom stereocenters. The number of rotatable bonds is 3. The first-order chi connectivity index (χ1) is 9.52.